The molecule has 0 atom stereocenters. The molecule has 24 heavy (non-hydrogen) atoms. The van der Waals surface area contributed by atoms with Crippen molar-refractivity contribution in [1.82, 2.24) is 18.3 Å². The van der Waals surface area contributed by atoms with Gasteiger partial charge in [-0.3, -0.25) is 14.2 Å². The first-order chi connectivity index (χ1) is 11.7. The molecule has 2 aromatic heterocycles. The van der Waals surface area contributed by atoms with Gasteiger partial charge in [0.15, 0.2) is 0 Å². The topological polar surface area (TPSA) is 89.8 Å². The summed E-state index contributed by atoms with van der Waals surface area (Å²) in [5, 5.41) is 3.26. The zero-order chi connectivity index (χ0) is 16.5. The molecule has 0 unspecified atom stereocenters. The lowest BCUT2D eigenvalue weighted by atomic mass is 10.2. The van der Waals surface area contributed by atoms with Crippen LogP contribution in [-0.4, -0.2) is 24.2 Å². The quantitative estimate of drug-likeness (QED) is 0.618. The lowest BCUT2D eigenvalue weighted by Crippen LogP contribution is -2.27. The minimum absolute atomic E-state index is 0.120. The summed E-state index contributed by atoms with van der Waals surface area (Å²) in [4.78, 5) is 28.9. The van der Waals surface area contributed by atoms with Crippen LogP contribution in [-0.2, 0) is 11.3 Å². The first kappa shape index (κ1) is 14.5. The third-order valence-electron chi connectivity index (χ3n) is 3.61. The van der Waals surface area contributed by atoms with E-state index in [2.05, 4.69) is 19.0 Å². The SMILES string of the molecule is O=C(Cn1cnc2ccccc2c1=O)Nc1cccc2nsnc12. The summed E-state index contributed by atoms with van der Waals surface area (Å²) >= 11 is 1.09. The average molecular weight is 337 g/mol. The Bertz CT molecular complexity index is 1120. The summed E-state index contributed by atoms with van der Waals surface area (Å²) < 4.78 is 9.59. The van der Waals surface area contributed by atoms with Crippen LogP contribution in [0.2, 0.25) is 0 Å². The number of carbonyl (C=O) groups is 1. The van der Waals surface area contributed by atoms with E-state index in [0.29, 0.717) is 22.1 Å². The van der Waals surface area contributed by atoms with Crippen molar-refractivity contribution in [3.05, 3.63) is 59.1 Å². The minimum Gasteiger partial charge on any atom is -0.323 e. The molecule has 0 aliphatic rings. The standard InChI is InChI=1S/C16H11N5O2S/c22-14(18-12-6-3-7-13-15(12)20-24-19-13)8-21-9-17-11-5-2-1-4-10(11)16(21)23/h1-7,9H,8H2,(H,18,22). The number of rotatable bonds is 3. The highest BCUT2D eigenvalue weighted by Gasteiger charge is 2.11. The van der Waals surface area contributed by atoms with Crippen LogP contribution < -0.4 is 10.9 Å². The van der Waals surface area contributed by atoms with Gasteiger partial charge in [-0.1, -0.05) is 18.2 Å². The van der Waals surface area contributed by atoms with Gasteiger partial charge in [-0.2, -0.15) is 8.75 Å². The van der Waals surface area contributed by atoms with Gasteiger partial charge in [0.05, 0.1) is 34.6 Å². The van der Waals surface area contributed by atoms with Crippen LogP contribution >= 0.6 is 11.7 Å². The van der Waals surface area contributed by atoms with E-state index in [1.165, 1.54) is 10.9 Å². The number of anilines is 1. The van der Waals surface area contributed by atoms with Crippen LogP contribution in [0.1, 0.15) is 0 Å². The molecule has 7 nitrogen and oxygen atoms in total. The van der Waals surface area contributed by atoms with E-state index in [1.54, 1.807) is 30.3 Å². The molecule has 0 radical (unpaired) electrons. The number of fused-ring (bicyclic) bond motifs is 2. The maximum Gasteiger partial charge on any atom is 0.261 e. The van der Waals surface area contributed by atoms with Gasteiger partial charge in [0.2, 0.25) is 5.91 Å². The molecule has 0 fully saturated rings. The van der Waals surface area contributed by atoms with E-state index in [1.807, 2.05) is 12.1 Å². The second-order valence-corrected chi connectivity index (χ2v) is 5.71. The predicted octanol–water partition coefficient (Wildman–Crippen LogP) is 2.04. The van der Waals surface area contributed by atoms with Crippen LogP contribution in [0.5, 0.6) is 0 Å². The fourth-order valence-electron chi connectivity index (χ4n) is 2.47. The largest absolute Gasteiger partial charge is 0.323 e. The lowest BCUT2D eigenvalue weighted by Gasteiger charge is -2.08. The smallest absolute Gasteiger partial charge is 0.261 e. The molecule has 1 amide bonds. The number of nitrogens with one attached hydrogen (secondary N) is 1. The average Bonchev–Trinajstić information content (AvgIpc) is 3.07. The van der Waals surface area contributed by atoms with Crippen molar-refractivity contribution in [3.63, 3.8) is 0 Å². The summed E-state index contributed by atoms with van der Waals surface area (Å²) in [6, 6.07) is 12.4. The summed E-state index contributed by atoms with van der Waals surface area (Å²) in [6.07, 6.45) is 1.38. The van der Waals surface area contributed by atoms with Crippen molar-refractivity contribution in [1.29, 1.82) is 0 Å². The van der Waals surface area contributed by atoms with Gasteiger partial charge in [0.25, 0.3) is 5.56 Å². The van der Waals surface area contributed by atoms with Crippen LogP contribution in [0.25, 0.3) is 21.9 Å². The number of hydrogen-bond acceptors (Lipinski definition) is 6. The van der Waals surface area contributed by atoms with Gasteiger partial charge in [-0.15, -0.1) is 0 Å². The van der Waals surface area contributed by atoms with Gasteiger partial charge in [-0.05, 0) is 24.3 Å². The number of amides is 1. The van der Waals surface area contributed by atoms with Crippen molar-refractivity contribution in [3.8, 4) is 0 Å². The van der Waals surface area contributed by atoms with Crippen molar-refractivity contribution in [2.45, 2.75) is 6.54 Å². The highest BCUT2D eigenvalue weighted by Crippen LogP contribution is 2.21. The van der Waals surface area contributed by atoms with Crippen LogP contribution in [0, 0.1) is 0 Å². The molecule has 118 valence electrons. The normalized spacial score (nSPS) is 11.0. The zero-order valence-corrected chi connectivity index (χ0v) is 13.2. The van der Waals surface area contributed by atoms with Gasteiger partial charge >= 0.3 is 0 Å². The Morgan fingerprint density at radius 1 is 1.08 bits per heavy atom. The van der Waals surface area contributed by atoms with Gasteiger partial charge < -0.3 is 5.32 Å². The van der Waals surface area contributed by atoms with E-state index in [9.17, 15) is 9.59 Å². The van der Waals surface area contributed by atoms with E-state index < -0.39 is 0 Å². The molecular weight excluding hydrogens is 326 g/mol. The predicted molar refractivity (Wildman–Crippen MR) is 92.0 cm³/mol. The molecule has 0 saturated heterocycles. The number of carbonyl (C=O) groups excluding carboxylic acids is 1. The maximum absolute atomic E-state index is 12.4. The van der Waals surface area contributed by atoms with Gasteiger partial charge in [-0.25, -0.2) is 4.98 Å². The second-order valence-electron chi connectivity index (χ2n) is 5.18. The van der Waals surface area contributed by atoms with Gasteiger partial charge in [0, 0.05) is 0 Å². The Balaban J connectivity index is 1.62. The molecule has 2 aromatic carbocycles. The number of benzene rings is 2. The Hall–Kier alpha value is -3.13. The highest BCUT2D eigenvalue weighted by atomic mass is 32.1. The minimum atomic E-state index is -0.324. The summed E-state index contributed by atoms with van der Waals surface area (Å²) in [6.45, 7) is -0.120. The third-order valence-corrected chi connectivity index (χ3v) is 4.15. The molecule has 4 rings (SSSR count). The summed E-state index contributed by atoms with van der Waals surface area (Å²) in [5.41, 5.74) is 2.30. The Labute approximate surface area is 139 Å². The molecular formula is C16H11N5O2S. The zero-order valence-electron chi connectivity index (χ0n) is 12.3. The number of para-hydroxylation sites is 1. The molecule has 0 spiro atoms. The van der Waals surface area contributed by atoms with Gasteiger partial charge in [0.1, 0.15) is 17.6 Å². The second kappa shape index (κ2) is 5.82. The first-order valence-corrected chi connectivity index (χ1v) is 7.91. The molecule has 0 aliphatic carbocycles. The maximum atomic E-state index is 12.4. The summed E-state index contributed by atoms with van der Waals surface area (Å²) in [7, 11) is 0. The first-order valence-electron chi connectivity index (χ1n) is 7.18. The number of aromatic nitrogens is 4. The van der Waals surface area contributed by atoms with Crippen LogP contribution in [0.15, 0.2) is 53.6 Å². The Morgan fingerprint density at radius 3 is 2.83 bits per heavy atom. The fraction of sp³-hybridized carbons (Fsp3) is 0.0625. The fourth-order valence-corrected chi connectivity index (χ4v) is 3.02. The molecule has 1 N–H and O–H groups in total. The van der Waals surface area contributed by atoms with Crippen molar-refractivity contribution < 1.29 is 4.79 Å². The molecule has 0 aliphatic heterocycles. The molecule has 4 aromatic rings. The van der Waals surface area contributed by atoms with Crippen molar-refractivity contribution in [2.75, 3.05) is 5.32 Å². The van der Waals surface area contributed by atoms with Crippen molar-refractivity contribution in [2.24, 2.45) is 0 Å². The van der Waals surface area contributed by atoms with Crippen LogP contribution in [0.4, 0.5) is 5.69 Å². The monoisotopic (exact) mass is 337 g/mol. The highest BCUT2D eigenvalue weighted by molar-refractivity contribution is 7.00. The van der Waals surface area contributed by atoms with Crippen molar-refractivity contribution >= 4 is 45.3 Å². The number of nitrogens with zero attached hydrogens (tertiary/aromatic N) is 4. The Morgan fingerprint density at radius 2 is 1.92 bits per heavy atom. The Kier molecular flexibility index (Phi) is 3.51. The van der Waals surface area contributed by atoms with E-state index >= 15 is 0 Å². The van der Waals surface area contributed by atoms with E-state index in [0.717, 1.165) is 17.2 Å². The molecule has 2 heterocycles. The number of hydrogen-bond donors (Lipinski definition) is 1. The lowest BCUT2D eigenvalue weighted by molar-refractivity contribution is -0.116. The van der Waals surface area contributed by atoms with E-state index in [-0.39, 0.29) is 18.0 Å². The van der Waals surface area contributed by atoms with E-state index in [4.69, 9.17) is 0 Å². The molecule has 0 bridgehead atoms. The summed E-state index contributed by atoms with van der Waals surface area (Å²) in [5.74, 6) is -0.324. The van der Waals surface area contributed by atoms with Crippen LogP contribution in [0.3, 0.4) is 0 Å². The molecule has 8 heteroatoms. The third kappa shape index (κ3) is 2.52. The molecule has 0 saturated carbocycles.